The molecule has 1 N–H and O–H groups in total. The molecule has 0 bridgehead atoms. The summed E-state index contributed by atoms with van der Waals surface area (Å²) >= 11 is 0. The third-order valence-corrected chi connectivity index (χ3v) is 4.93. The Bertz CT molecular complexity index is 226. The largest absolute Gasteiger partial charge is 0.316 e. The molecule has 1 atom stereocenters. The topological polar surface area (TPSA) is 15.3 Å². The van der Waals surface area contributed by atoms with E-state index in [2.05, 4.69) is 65.7 Å². The van der Waals surface area contributed by atoms with Gasteiger partial charge in [-0.1, -0.05) is 41.5 Å². The summed E-state index contributed by atoms with van der Waals surface area (Å²) in [5.74, 6) is 0. The van der Waals surface area contributed by atoms with Crippen molar-refractivity contribution in [2.75, 3.05) is 26.7 Å². The third kappa shape index (κ3) is 6.27. The average molecular weight is 271 g/mol. The molecule has 0 saturated carbocycles. The second kappa shape index (κ2) is 8.26. The van der Waals surface area contributed by atoms with Crippen LogP contribution in [0.4, 0.5) is 0 Å². The van der Waals surface area contributed by atoms with Crippen LogP contribution < -0.4 is 5.32 Å². The van der Waals surface area contributed by atoms with Crippen LogP contribution in [-0.2, 0) is 0 Å². The summed E-state index contributed by atoms with van der Waals surface area (Å²) < 4.78 is 0. The molecule has 0 aromatic rings. The molecule has 116 valence electrons. The van der Waals surface area contributed by atoms with Gasteiger partial charge in [0, 0.05) is 19.1 Å². The second-order valence-electron chi connectivity index (χ2n) is 7.34. The minimum Gasteiger partial charge on any atom is -0.316 e. The minimum absolute atomic E-state index is 0.346. The number of rotatable bonds is 9. The summed E-state index contributed by atoms with van der Waals surface area (Å²) in [6.07, 6.45) is 3.72. The zero-order chi connectivity index (χ0) is 15.1. The zero-order valence-electron chi connectivity index (χ0n) is 14.8. The number of nitrogens with zero attached hydrogens (tertiary/aromatic N) is 1. The van der Waals surface area contributed by atoms with Crippen molar-refractivity contribution in [1.82, 2.24) is 10.2 Å². The Morgan fingerprint density at radius 3 is 1.95 bits per heavy atom. The normalized spacial score (nSPS) is 15.0. The van der Waals surface area contributed by atoms with E-state index in [0.29, 0.717) is 16.9 Å². The van der Waals surface area contributed by atoms with E-state index in [-0.39, 0.29) is 0 Å². The van der Waals surface area contributed by atoms with Gasteiger partial charge in [-0.3, -0.25) is 0 Å². The van der Waals surface area contributed by atoms with Gasteiger partial charge in [-0.2, -0.15) is 0 Å². The maximum atomic E-state index is 3.63. The van der Waals surface area contributed by atoms with Crippen molar-refractivity contribution in [1.29, 1.82) is 0 Å². The molecule has 1 unspecified atom stereocenters. The van der Waals surface area contributed by atoms with Gasteiger partial charge in [0.2, 0.25) is 0 Å². The van der Waals surface area contributed by atoms with Crippen molar-refractivity contribution in [3.8, 4) is 0 Å². The van der Waals surface area contributed by atoms with E-state index in [1.54, 1.807) is 0 Å². The Morgan fingerprint density at radius 2 is 1.58 bits per heavy atom. The molecule has 19 heavy (non-hydrogen) atoms. The fourth-order valence-corrected chi connectivity index (χ4v) is 2.64. The first-order valence-electron chi connectivity index (χ1n) is 8.13. The van der Waals surface area contributed by atoms with Crippen LogP contribution in [-0.4, -0.2) is 37.6 Å². The predicted molar refractivity (Wildman–Crippen MR) is 87.7 cm³/mol. The quantitative estimate of drug-likeness (QED) is 0.633. The lowest BCUT2D eigenvalue weighted by Crippen LogP contribution is -2.48. The third-order valence-electron chi connectivity index (χ3n) is 4.93. The lowest BCUT2D eigenvalue weighted by molar-refractivity contribution is 0.0775. The van der Waals surface area contributed by atoms with Crippen LogP contribution in [0, 0.1) is 10.8 Å². The molecule has 0 amide bonds. The number of hydrogen-bond acceptors (Lipinski definition) is 2. The Morgan fingerprint density at radius 1 is 1.05 bits per heavy atom. The highest BCUT2D eigenvalue weighted by atomic mass is 15.1. The van der Waals surface area contributed by atoms with Gasteiger partial charge in [-0.15, -0.1) is 0 Å². The summed E-state index contributed by atoms with van der Waals surface area (Å²) in [6.45, 7) is 19.8. The van der Waals surface area contributed by atoms with Crippen LogP contribution in [0.5, 0.6) is 0 Å². The molecule has 0 aromatic carbocycles. The fourth-order valence-electron chi connectivity index (χ4n) is 2.64. The van der Waals surface area contributed by atoms with Gasteiger partial charge in [-0.25, -0.2) is 0 Å². The number of hydrogen-bond donors (Lipinski definition) is 1. The fraction of sp³-hybridized carbons (Fsp3) is 1.00. The van der Waals surface area contributed by atoms with Crippen molar-refractivity contribution in [2.45, 2.75) is 73.8 Å². The standard InChI is InChI=1S/C17H38N2/c1-9-12-18-13-17(10-2,11-3)14-19(8)15(4)16(5,6)7/h15,18H,9-14H2,1-8H3. The Kier molecular flexibility index (Phi) is 8.23. The molecular weight excluding hydrogens is 232 g/mol. The van der Waals surface area contributed by atoms with E-state index in [1.165, 1.54) is 25.8 Å². The molecule has 0 aliphatic heterocycles. The lowest BCUT2D eigenvalue weighted by atomic mass is 9.79. The van der Waals surface area contributed by atoms with E-state index in [9.17, 15) is 0 Å². The first-order chi connectivity index (χ1) is 8.72. The molecule has 0 aliphatic rings. The highest BCUT2D eigenvalue weighted by Crippen LogP contribution is 2.30. The van der Waals surface area contributed by atoms with E-state index in [1.807, 2.05) is 0 Å². The molecule has 2 heteroatoms. The predicted octanol–water partition coefficient (Wildman–Crippen LogP) is 4.16. The molecule has 0 rings (SSSR count). The van der Waals surface area contributed by atoms with Crippen LogP contribution in [0.15, 0.2) is 0 Å². The van der Waals surface area contributed by atoms with Crippen LogP contribution in [0.1, 0.15) is 67.7 Å². The summed E-state index contributed by atoms with van der Waals surface area (Å²) in [6, 6.07) is 0.608. The highest BCUT2D eigenvalue weighted by molar-refractivity contribution is 4.86. The average Bonchev–Trinajstić information content (AvgIpc) is 2.35. The first kappa shape index (κ1) is 18.9. The molecule has 0 aliphatic carbocycles. The van der Waals surface area contributed by atoms with E-state index < -0.39 is 0 Å². The van der Waals surface area contributed by atoms with Crippen LogP contribution in [0.3, 0.4) is 0 Å². The molecule has 0 fully saturated rings. The molecular formula is C17H38N2. The molecule has 0 radical (unpaired) electrons. The van der Waals surface area contributed by atoms with Gasteiger partial charge < -0.3 is 10.2 Å². The van der Waals surface area contributed by atoms with Crippen molar-refractivity contribution < 1.29 is 0 Å². The van der Waals surface area contributed by atoms with Gasteiger partial charge in [0.05, 0.1) is 0 Å². The Labute approximate surface area is 122 Å². The molecule has 0 aromatic heterocycles. The van der Waals surface area contributed by atoms with Gasteiger partial charge >= 0.3 is 0 Å². The highest BCUT2D eigenvalue weighted by Gasteiger charge is 2.31. The lowest BCUT2D eigenvalue weighted by Gasteiger charge is -2.42. The van der Waals surface area contributed by atoms with E-state index >= 15 is 0 Å². The summed E-state index contributed by atoms with van der Waals surface area (Å²) in [4.78, 5) is 2.56. The van der Waals surface area contributed by atoms with Crippen molar-refractivity contribution in [2.24, 2.45) is 10.8 Å². The monoisotopic (exact) mass is 270 g/mol. The maximum Gasteiger partial charge on any atom is 0.0113 e. The van der Waals surface area contributed by atoms with Gasteiger partial charge in [0.15, 0.2) is 0 Å². The van der Waals surface area contributed by atoms with Crippen LogP contribution in [0.2, 0.25) is 0 Å². The van der Waals surface area contributed by atoms with Crippen LogP contribution in [0.25, 0.3) is 0 Å². The Hall–Kier alpha value is -0.0800. The molecule has 0 heterocycles. The summed E-state index contributed by atoms with van der Waals surface area (Å²) in [5, 5.41) is 3.63. The minimum atomic E-state index is 0.346. The number of nitrogens with one attached hydrogen (secondary N) is 1. The van der Waals surface area contributed by atoms with Gasteiger partial charge in [0.1, 0.15) is 0 Å². The zero-order valence-corrected chi connectivity index (χ0v) is 14.8. The maximum absolute atomic E-state index is 3.63. The smallest absolute Gasteiger partial charge is 0.0113 e. The van der Waals surface area contributed by atoms with Crippen molar-refractivity contribution >= 4 is 0 Å². The van der Waals surface area contributed by atoms with Crippen molar-refractivity contribution in [3.63, 3.8) is 0 Å². The summed E-state index contributed by atoms with van der Waals surface area (Å²) in [7, 11) is 2.29. The molecule has 0 saturated heterocycles. The Balaban J connectivity index is 4.64. The van der Waals surface area contributed by atoms with Gasteiger partial charge in [0.25, 0.3) is 0 Å². The SMILES string of the molecule is CCCNCC(CC)(CC)CN(C)C(C)C(C)(C)C. The van der Waals surface area contributed by atoms with Gasteiger partial charge in [-0.05, 0) is 50.6 Å². The first-order valence-corrected chi connectivity index (χ1v) is 8.13. The van der Waals surface area contributed by atoms with E-state index in [4.69, 9.17) is 0 Å². The second-order valence-corrected chi connectivity index (χ2v) is 7.34. The molecule has 0 spiro atoms. The summed E-state index contributed by atoms with van der Waals surface area (Å²) in [5.41, 5.74) is 0.766. The van der Waals surface area contributed by atoms with Crippen LogP contribution >= 0.6 is 0 Å². The molecule has 2 nitrogen and oxygen atoms in total. The van der Waals surface area contributed by atoms with Crippen molar-refractivity contribution in [3.05, 3.63) is 0 Å². The van der Waals surface area contributed by atoms with E-state index in [0.717, 1.165) is 13.1 Å².